The highest BCUT2D eigenvalue weighted by Gasteiger charge is 2.27. The van der Waals surface area contributed by atoms with E-state index in [0.29, 0.717) is 18.5 Å². The lowest BCUT2D eigenvalue weighted by Gasteiger charge is -2.36. The van der Waals surface area contributed by atoms with E-state index in [9.17, 15) is 0 Å². The maximum absolute atomic E-state index is 5.51. The summed E-state index contributed by atoms with van der Waals surface area (Å²) >= 11 is 0. The first kappa shape index (κ1) is 10.5. The molecule has 4 nitrogen and oxygen atoms in total. The molecule has 0 saturated carbocycles. The number of rotatable bonds is 2. The van der Waals surface area contributed by atoms with E-state index in [0.717, 1.165) is 18.3 Å². The average molecular weight is 209 g/mol. The van der Waals surface area contributed by atoms with Crippen LogP contribution in [-0.2, 0) is 6.54 Å². The van der Waals surface area contributed by atoms with Crippen LogP contribution in [0.5, 0.6) is 0 Å². The van der Waals surface area contributed by atoms with E-state index in [1.54, 1.807) is 6.26 Å². The molecule has 0 amide bonds. The summed E-state index contributed by atoms with van der Waals surface area (Å²) in [6.07, 6.45) is 4.16. The second-order valence-corrected chi connectivity index (χ2v) is 4.38. The molecule has 0 radical (unpaired) electrons. The third kappa shape index (κ3) is 2.00. The van der Waals surface area contributed by atoms with Crippen LogP contribution in [0.15, 0.2) is 10.7 Å². The van der Waals surface area contributed by atoms with E-state index in [1.165, 1.54) is 12.8 Å². The normalized spacial score (nSPS) is 27.0. The molecule has 1 aliphatic heterocycles. The van der Waals surface area contributed by atoms with Gasteiger partial charge in [0.25, 0.3) is 6.01 Å². The molecule has 0 spiro atoms. The lowest BCUT2D eigenvalue weighted by atomic mass is 9.92. The Balaban J connectivity index is 2.14. The third-order valence-electron chi connectivity index (χ3n) is 3.37. The molecule has 2 atom stereocenters. The number of oxazole rings is 1. The Hall–Kier alpha value is -1.03. The predicted octanol–water partition coefficient (Wildman–Crippen LogP) is 1.76. The van der Waals surface area contributed by atoms with Crippen molar-refractivity contribution in [2.24, 2.45) is 11.7 Å². The highest BCUT2D eigenvalue weighted by atomic mass is 16.4. The summed E-state index contributed by atoms with van der Waals surface area (Å²) in [5, 5.41) is 0. The molecule has 2 N–H and O–H groups in total. The molecule has 1 fully saturated rings. The number of nitrogens with two attached hydrogens (primary N) is 1. The van der Waals surface area contributed by atoms with E-state index in [4.69, 9.17) is 10.2 Å². The molecule has 2 rings (SSSR count). The molecular weight excluding hydrogens is 190 g/mol. The molecule has 15 heavy (non-hydrogen) atoms. The molecule has 2 unspecified atom stereocenters. The minimum atomic E-state index is 0.446. The van der Waals surface area contributed by atoms with Crippen LogP contribution in [-0.4, -0.2) is 17.6 Å². The highest BCUT2D eigenvalue weighted by molar-refractivity contribution is 5.30. The molecule has 4 heteroatoms. The van der Waals surface area contributed by atoms with E-state index < -0.39 is 0 Å². The molecule has 2 heterocycles. The van der Waals surface area contributed by atoms with E-state index in [2.05, 4.69) is 23.7 Å². The summed E-state index contributed by atoms with van der Waals surface area (Å²) in [5.74, 6) is 0.701. The summed E-state index contributed by atoms with van der Waals surface area (Å²) in [6.45, 7) is 6.00. The molecule has 1 aromatic heterocycles. The van der Waals surface area contributed by atoms with Crippen LogP contribution >= 0.6 is 0 Å². The fraction of sp³-hybridized carbons (Fsp3) is 0.727. The van der Waals surface area contributed by atoms with Gasteiger partial charge in [-0.15, -0.1) is 0 Å². The van der Waals surface area contributed by atoms with Crippen LogP contribution in [0.1, 0.15) is 32.4 Å². The number of piperidine rings is 1. The van der Waals surface area contributed by atoms with Gasteiger partial charge in [-0.1, -0.05) is 6.92 Å². The second-order valence-electron chi connectivity index (χ2n) is 4.38. The average Bonchev–Trinajstić information content (AvgIpc) is 2.70. The number of hydrogen-bond acceptors (Lipinski definition) is 4. The summed E-state index contributed by atoms with van der Waals surface area (Å²) in [4.78, 5) is 6.61. The lowest BCUT2D eigenvalue weighted by molar-refractivity contribution is 0.343. The maximum Gasteiger partial charge on any atom is 0.297 e. The largest absolute Gasteiger partial charge is 0.432 e. The SMILES string of the molecule is CC1CCCN(c2nc(CN)co2)C1C. The van der Waals surface area contributed by atoms with Gasteiger partial charge in [-0.2, -0.15) is 4.98 Å². The fourth-order valence-corrected chi connectivity index (χ4v) is 2.13. The number of aromatic nitrogens is 1. The van der Waals surface area contributed by atoms with Gasteiger partial charge in [-0.25, -0.2) is 0 Å². The van der Waals surface area contributed by atoms with Crippen molar-refractivity contribution in [2.75, 3.05) is 11.4 Å². The molecule has 84 valence electrons. The van der Waals surface area contributed by atoms with Crippen LogP contribution in [0.2, 0.25) is 0 Å². The molecule has 0 bridgehead atoms. The van der Waals surface area contributed by atoms with Crippen molar-refractivity contribution >= 4 is 6.01 Å². The zero-order valence-electron chi connectivity index (χ0n) is 9.44. The van der Waals surface area contributed by atoms with E-state index >= 15 is 0 Å². The first-order valence-corrected chi connectivity index (χ1v) is 5.63. The van der Waals surface area contributed by atoms with Crippen molar-refractivity contribution in [3.63, 3.8) is 0 Å². The van der Waals surface area contributed by atoms with Crippen molar-refractivity contribution in [2.45, 2.75) is 39.3 Å². The lowest BCUT2D eigenvalue weighted by Crippen LogP contribution is -2.42. The molecule has 1 saturated heterocycles. The molecule has 0 aliphatic carbocycles. The number of nitrogens with zero attached hydrogens (tertiary/aromatic N) is 2. The fourth-order valence-electron chi connectivity index (χ4n) is 2.13. The smallest absolute Gasteiger partial charge is 0.297 e. The Bertz CT molecular complexity index is 323. The van der Waals surface area contributed by atoms with Gasteiger partial charge in [0.2, 0.25) is 0 Å². The standard InChI is InChI=1S/C11H19N3O/c1-8-4-3-5-14(9(8)2)11-13-10(6-12)7-15-11/h7-9H,3-6,12H2,1-2H3. The molecular formula is C11H19N3O. The van der Waals surface area contributed by atoms with Gasteiger partial charge in [0.05, 0.1) is 5.69 Å². The number of hydrogen-bond donors (Lipinski definition) is 1. The maximum atomic E-state index is 5.51. The Labute approximate surface area is 90.5 Å². The van der Waals surface area contributed by atoms with Crippen molar-refractivity contribution in [1.29, 1.82) is 0 Å². The van der Waals surface area contributed by atoms with Crippen LogP contribution in [0.25, 0.3) is 0 Å². The Morgan fingerprint density at radius 2 is 2.40 bits per heavy atom. The second kappa shape index (κ2) is 4.23. The minimum absolute atomic E-state index is 0.446. The molecule has 0 aromatic carbocycles. The summed E-state index contributed by atoms with van der Waals surface area (Å²) in [5.41, 5.74) is 6.34. The van der Waals surface area contributed by atoms with Crippen molar-refractivity contribution in [3.8, 4) is 0 Å². The van der Waals surface area contributed by atoms with Gasteiger partial charge >= 0.3 is 0 Å². The first-order valence-electron chi connectivity index (χ1n) is 5.63. The Kier molecular flexibility index (Phi) is 2.95. The van der Waals surface area contributed by atoms with Gasteiger partial charge in [0.15, 0.2) is 0 Å². The first-order chi connectivity index (χ1) is 7.22. The summed E-state index contributed by atoms with van der Waals surface area (Å²) in [6, 6.07) is 1.23. The highest BCUT2D eigenvalue weighted by Crippen LogP contribution is 2.27. The third-order valence-corrected chi connectivity index (χ3v) is 3.37. The van der Waals surface area contributed by atoms with E-state index in [1.807, 2.05) is 0 Å². The Morgan fingerprint density at radius 3 is 3.07 bits per heavy atom. The molecule has 1 aromatic rings. The van der Waals surface area contributed by atoms with Gasteiger partial charge in [-0.05, 0) is 25.7 Å². The number of anilines is 1. The van der Waals surface area contributed by atoms with Gasteiger partial charge in [-0.3, -0.25) is 0 Å². The van der Waals surface area contributed by atoms with Crippen LogP contribution in [0, 0.1) is 5.92 Å². The van der Waals surface area contributed by atoms with Crippen LogP contribution in [0.4, 0.5) is 6.01 Å². The van der Waals surface area contributed by atoms with E-state index in [-0.39, 0.29) is 0 Å². The van der Waals surface area contributed by atoms with Crippen LogP contribution < -0.4 is 10.6 Å². The zero-order chi connectivity index (χ0) is 10.8. The topological polar surface area (TPSA) is 55.3 Å². The van der Waals surface area contributed by atoms with Crippen LogP contribution in [0.3, 0.4) is 0 Å². The van der Waals surface area contributed by atoms with Gasteiger partial charge < -0.3 is 15.1 Å². The Morgan fingerprint density at radius 1 is 1.60 bits per heavy atom. The van der Waals surface area contributed by atoms with Crippen molar-refractivity contribution < 1.29 is 4.42 Å². The predicted molar refractivity (Wildman–Crippen MR) is 59.6 cm³/mol. The van der Waals surface area contributed by atoms with Gasteiger partial charge in [0.1, 0.15) is 6.26 Å². The van der Waals surface area contributed by atoms with Crippen molar-refractivity contribution in [1.82, 2.24) is 4.98 Å². The van der Waals surface area contributed by atoms with Gasteiger partial charge in [0, 0.05) is 19.1 Å². The molecule has 1 aliphatic rings. The summed E-state index contributed by atoms with van der Waals surface area (Å²) < 4.78 is 5.45. The zero-order valence-corrected chi connectivity index (χ0v) is 9.44. The minimum Gasteiger partial charge on any atom is -0.432 e. The van der Waals surface area contributed by atoms with Crippen molar-refractivity contribution in [3.05, 3.63) is 12.0 Å². The quantitative estimate of drug-likeness (QED) is 0.806. The summed E-state index contributed by atoms with van der Waals surface area (Å²) in [7, 11) is 0. The monoisotopic (exact) mass is 209 g/mol.